The van der Waals surface area contributed by atoms with Crippen LogP contribution in [0.4, 0.5) is 0 Å². The fourth-order valence-corrected chi connectivity index (χ4v) is 3.54. The maximum absolute atomic E-state index is 13.5. The molecule has 0 fully saturated rings. The predicted octanol–water partition coefficient (Wildman–Crippen LogP) is 4.93. The quantitative estimate of drug-likeness (QED) is 0.480. The van der Waals surface area contributed by atoms with Gasteiger partial charge in [0.1, 0.15) is 0 Å². The van der Waals surface area contributed by atoms with Crippen LogP contribution in [0.25, 0.3) is 0 Å². The molecule has 8 heteroatoms. The van der Waals surface area contributed by atoms with E-state index in [2.05, 4.69) is 18.7 Å². The number of likely N-dealkylation sites (N-methyl/N-ethyl adjacent to an activating group) is 1. The standard InChI is InChI=1S/C24H32Cl2N2O4/c1-24(2,27(3)4)15-28(14-16-8-9-18(25)19(26)10-16)22(29)13-17-11-20(30-5)23(32-7)21(12-17)31-6/h8-12H,13-15H2,1-7H3. The zero-order chi connectivity index (χ0) is 24.1. The average Bonchev–Trinajstić information content (AvgIpc) is 2.74. The molecule has 0 aromatic heterocycles. The number of benzene rings is 2. The molecule has 0 aliphatic carbocycles. The van der Waals surface area contributed by atoms with Crippen molar-refractivity contribution in [1.29, 1.82) is 0 Å². The zero-order valence-corrected chi connectivity index (χ0v) is 21.3. The predicted molar refractivity (Wildman–Crippen MR) is 129 cm³/mol. The van der Waals surface area contributed by atoms with Gasteiger partial charge in [-0.05, 0) is 63.3 Å². The molecule has 1 amide bonds. The Bertz CT molecular complexity index is 923. The fourth-order valence-electron chi connectivity index (χ4n) is 3.22. The minimum absolute atomic E-state index is 0.0275. The van der Waals surface area contributed by atoms with Gasteiger partial charge in [0.05, 0.1) is 37.8 Å². The van der Waals surface area contributed by atoms with Gasteiger partial charge in [0.25, 0.3) is 0 Å². The van der Waals surface area contributed by atoms with Crippen molar-refractivity contribution >= 4 is 29.1 Å². The molecule has 32 heavy (non-hydrogen) atoms. The Kier molecular flexibility index (Phi) is 9.08. The molecule has 0 spiro atoms. The zero-order valence-electron chi connectivity index (χ0n) is 19.8. The van der Waals surface area contributed by atoms with E-state index in [1.165, 1.54) is 0 Å². The lowest BCUT2D eigenvalue weighted by Crippen LogP contribution is -2.50. The van der Waals surface area contributed by atoms with Gasteiger partial charge >= 0.3 is 0 Å². The summed E-state index contributed by atoms with van der Waals surface area (Å²) in [5, 5.41) is 0.951. The van der Waals surface area contributed by atoms with Crippen molar-refractivity contribution in [3.8, 4) is 17.2 Å². The van der Waals surface area contributed by atoms with E-state index >= 15 is 0 Å². The van der Waals surface area contributed by atoms with Gasteiger partial charge in [0.15, 0.2) is 11.5 Å². The Balaban J connectivity index is 2.36. The van der Waals surface area contributed by atoms with Crippen LogP contribution in [-0.2, 0) is 17.8 Å². The maximum Gasteiger partial charge on any atom is 0.227 e. The highest BCUT2D eigenvalue weighted by molar-refractivity contribution is 6.42. The second kappa shape index (κ2) is 11.1. The highest BCUT2D eigenvalue weighted by atomic mass is 35.5. The molecule has 0 saturated heterocycles. The molecule has 0 unspecified atom stereocenters. The lowest BCUT2D eigenvalue weighted by atomic mass is 10.0. The van der Waals surface area contributed by atoms with Crippen molar-refractivity contribution in [3.05, 3.63) is 51.5 Å². The Labute approximate surface area is 200 Å². The third-order valence-electron chi connectivity index (χ3n) is 5.58. The van der Waals surface area contributed by atoms with Crippen LogP contribution in [-0.4, -0.2) is 63.2 Å². The highest BCUT2D eigenvalue weighted by Gasteiger charge is 2.27. The summed E-state index contributed by atoms with van der Waals surface area (Å²) in [4.78, 5) is 17.4. The van der Waals surface area contributed by atoms with Crippen LogP contribution >= 0.6 is 23.2 Å². The molecule has 0 radical (unpaired) electrons. The van der Waals surface area contributed by atoms with Gasteiger partial charge in [-0.2, -0.15) is 0 Å². The summed E-state index contributed by atoms with van der Waals surface area (Å²) in [5.74, 6) is 1.49. The van der Waals surface area contributed by atoms with Crippen LogP contribution in [0.5, 0.6) is 17.2 Å². The first-order chi connectivity index (χ1) is 15.0. The summed E-state index contributed by atoms with van der Waals surface area (Å²) in [6.45, 7) is 5.14. The van der Waals surface area contributed by atoms with Crippen molar-refractivity contribution in [2.75, 3.05) is 42.0 Å². The minimum atomic E-state index is -0.235. The second-order valence-electron chi connectivity index (χ2n) is 8.42. The third-order valence-corrected chi connectivity index (χ3v) is 6.32. The summed E-state index contributed by atoms with van der Waals surface area (Å²) in [6, 6.07) is 9.03. The molecule has 2 rings (SSSR count). The topological polar surface area (TPSA) is 51.2 Å². The summed E-state index contributed by atoms with van der Waals surface area (Å²) < 4.78 is 16.2. The molecule has 0 heterocycles. The van der Waals surface area contributed by atoms with Crippen LogP contribution in [0.15, 0.2) is 30.3 Å². The molecule has 0 aliphatic heterocycles. The molecule has 0 atom stereocenters. The van der Waals surface area contributed by atoms with E-state index in [4.69, 9.17) is 37.4 Å². The van der Waals surface area contributed by atoms with Gasteiger partial charge < -0.3 is 24.0 Å². The summed E-state index contributed by atoms with van der Waals surface area (Å²) in [6.07, 6.45) is 0.182. The van der Waals surface area contributed by atoms with E-state index in [1.54, 1.807) is 45.6 Å². The van der Waals surface area contributed by atoms with Crippen LogP contribution in [0.3, 0.4) is 0 Å². The van der Waals surface area contributed by atoms with Crippen LogP contribution in [0.1, 0.15) is 25.0 Å². The number of halogens is 2. The lowest BCUT2D eigenvalue weighted by Gasteiger charge is -2.38. The van der Waals surface area contributed by atoms with E-state index in [0.29, 0.717) is 40.4 Å². The van der Waals surface area contributed by atoms with E-state index < -0.39 is 0 Å². The van der Waals surface area contributed by atoms with Crippen molar-refractivity contribution in [1.82, 2.24) is 9.80 Å². The Morgan fingerprint density at radius 2 is 1.50 bits per heavy atom. The van der Waals surface area contributed by atoms with Gasteiger partial charge in [0.2, 0.25) is 11.7 Å². The third kappa shape index (κ3) is 6.44. The van der Waals surface area contributed by atoms with Crippen LogP contribution in [0, 0.1) is 0 Å². The first-order valence-electron chi connectivity index (χ1n) is 10.2. The number of methoxy groups -OCH3 is 3. The molecule has 176 valence electrons. The number of carbonyl (C=O) groups is 1. The average molecular weight is 483 g/mol. The number of carbonyl (C=O) groups excluding carboxylic acids is 1. The number of hydrogen-bond donors (Lipinski definition) is 0. The number of ether oxygens (including phenoxy) is 3. The highest BCUT2D eigenvalue weighted by Crippen LogP contribution is 2.38. The Morgan fingerprint density at radius 3 is 1.97 bits per heavy atom. The molecule has 0 aliphatic rings. The molecule has 2 aromatic rings. The molecule has 2 aromatic carbocycles. The Morgan fingerprint density at radius 1 is 0.906 bits per heavy atom. The first-order valence-corrected chi connectivity index (χ1v) is 11.0. The fraction of sp³-hybridized carbons (Fsp3) is 0.458. The normalized spacial score (nSPS) is 11.4. The van der Waals surface area contributed by atoms with Crippen LogP contribution < -0.4 is 14.2 Å². The molecular formula is C24H32Cl2N2O4. The number of hydrogen-bond acceptors (Lipinski definition) is 5. The molecule has 0 N–H and O–H groups in total. The van der Waals surface area contributed by atoms with E-state index in [0.717, 1.165) is 11.1 Å². The van der Waals surface area contributed by atoms with Crippen molar-refractivity contribution in [2.45, 2.75) is 32.4 Å². The monoisotopic (exact) mass is 482 g/mol. The minimum Gasteiger partial charge on any atom is -0.493 e. The van der Waals surface area contributed by atoms with Crippen LogP contribution in [0.2, 0.25) is 10.0 Å². The van der Waals surface area contributed by atoms with Gasteiger partial charge in [-0.3, -0.25) is 4.79 Å². The van der Waals surface area contributed by atoms with Gasteiger partial charge in [-0.1, -0.05) is 29.3 Å². The van der Waals surface area contributed by atoms with E-state index in [-0.39, 0.29) is 17.9 Å². The summed E-state index contributed by atoms with van der Waals surface area (Å²) in [7, 11) is 8.66. The number of nitrogens with zero attached hydrogens (tertiary/aromatic N) is 2. The Hall–Kier alpha value is -2.15. The summed E-state index contributed by atoms with van der Waals surface area (Å²) in [5.41, 5.74) is 1.44. The molecule has 0 bridgehead atoms. The van der Waals surface area contributed by atoms with Crippen molar-refractivity contribution in [3.63, 3.8) is 0 Å². The lowest BCUT2D eigenvalue weighted by molar-refractivity contribution is -0.132. The molecular weight excluding hydrogens is 451 g/mol. The maximum atomic E-state index is 13.5. The molecule has 0 saturated carbocycles. The van der Waals surface area contributed by atoms with E-state index in [9.17, 15) is 4.79 Å². The van der Waals surface area contributed by atoms with Gasteiger partial charge in [0, 0.05) is 18.6 Å². The summed E-state index contributed by atoms with van der Waals surface area (Å²) >= 11 is 12.3. The largest absolute Gasteiger partial charge is 0.493 e. The first kappa shape index (κ1) is 26.1. The number of amides is 1. The smallest absolute Gasteiger partial charge is 0.227 e. The second-order valence-corrected chi connectivity index (χ2v) is 9.23. The number of rotatable bonds is 10. The van der Waals surface area contributed by atoms with Crippen molar-refractivity contribution in [2.24, 2.45) is 0 Å². The van der Waals surface area contributed by atoms with Gasteiger partial charge in [-0.15, -0.1) is 0 Å². The molecule has 6 nitrogen and oxygen atoms in total. The van der Waals surface area contributed by atoms with Crippen molar-refractivity contribution < 1.29 is 19.0 Å². The SMILES string of the molecule is COc1cc(CC(=O)N(Cc2ccc(Cl)c(Cl)c2)CC(C)(C)N(C)C)cc(OC)c1OC. The van der Waals surface area contributed by atoms with E-state index in [1.807, 2.05) is 25.1 Å². The van der Waals surface area contributed by atoms with Gasteiger partial charge in [-0.25, -0.2) is 0 Å².